The highest BCUT2D eigenvalue weighted by Gasteiger charge is 2.46. The van der Waals surface area contributed by atoms with Crippen LogP contribution in [0.1, 0.15) is 43.0 Å². The van der Waals surface area contributed by atoms with Gasteiger partial charge in [0.15, 0.2) is 0 Å². The van der Waals surface area contributed by atoms with Gasteiger partial charge in [-0.05, 0) is 65.9 Å². The average Bonchev–Trinajstić information content (AvgIpc) is 3.09. The highest BCUT2D eigenvalue weighted by Crippen LogP contribution is 2.41. The standard InChI is InChI=1S/C28H27FN2O4/c1-18(2)12-14-35-23-7-3-6-21(15-23)25-24(26(32)20-8-10-22(29)11-9-20)27(33)28(34)31(25)17-19-5-4-13-30-16-19/h3-11,13,15-16,18,25,32H,12,14,17H2,1-2H3/b26-24+. The SMILES string of the molecule is CC(C)CCOc1cccc(C2/C(=C(\O)c3ccc(F)cc3)C(=O)C(=O)N2Cc2cccnc2)c1. The zero-order chi connectivity index (χ0) is 24.9. The number of aromatic nitrogens is 1. The maximum Gasteiger partial charge on any atom is 0.295 e. The second kappa shape index (κ2) is 10.5. The minimum Gasteiger partial charge on any atom is -0.507 e. The number of pyridine rings is 1. The molecule has 0 radical (unpaired) electrons. The van der Waals surface area contributed by atoms with Crippen molar-refractivity contribution in [3.05, 3.63) is 101 Å². The third kappa shape index (κ3) is 5.40. The number of benzene rings is 2. The van der Waals surface area contributed by atoms with Gasteiger partial charge in [0.05, 0.1) is 18.2 Å². The van der Waals surface area contributed by atoms with Gasteiger partial charge in [0.25, 0.3) is 11.7 Å². The Bertz CT molecular complexity index is 1240. The molecule has 0 spiro atoms. The van der Waals surface area contributed by atoms with Crippen molar-refractivity contribution in [1.82, 2.24) is 9.88 Å². The van der Waals surface area contributed by atoms with Gasteiger partial charge in [0.2, 0.25) is 0 Å². The summed E-state index contributed by atoms with van der Waals surface area (Å²) in [5.41, 5.74) is 1.56. The fraction of sp³-hybridized carbons (Fsp3) is 0.250. The molecule has 1 amide bonds. The van der Waals surface area contributed by atoms with E-state index in [1.165, 1.54) is 29.2 Å². The quantitative estimate of drug-likeness (QED) is 0.273. The topological polar surface area (TPSA) is 79.7 Å². The van der Waals surface area contributed by atoms with E-state index in [2.05, 4.69) is 18.8 Å². The Balaban J connectivity index is 1.78. The van der Waals surface area contributed by atoms with E-state index >= 15 is 0 Å². The van der Waals surface area contributed by atoms with Gasteiger partial charge in [-0.2, -0.15) is 0 Å². The molecular weight excluding hydrogens is 447 g/mol. The summed E-state index contributed by atoms with van der Waals surface area (Å²) in [6.07, 6.45) is 4.14. The van der Waals surface area contributed by atoms with Crippen LogP contribution in [0.25, 0.3) is 5.76 Å². The molecule has 3 aromatic rings. The lowest BCUT2D eigenvalue weighted by atomic mass is 9.95. The molecule has 0 saturated carbocycles. The van der Waals surface area contributed by atoms with E-state index < -0.39 is 23.5 Å². The van der Waals surface area contributed by atoms with Crippen molar-refractivity contribution in [1.29, 1.82) is 0 Å². The zero-order valence-corrected chi connectivity index (χ0v) is 19.6. The molecule has 180 valence electrons. The number of Topliss-reactive ketones (excluding diaryl/α,β-unsaturated/α-hetero) is 1. The number of aliphatic hydroxyl groups is 1. The van der Waals surface area contributed by atoms with Crippen LogP contribution in [-0.4, -0.2) is 33.3 Å². The number of hydrogen-bond donors (Lipinski definition) is 1. The Hall–Kier alpha value is -4.00. The molecule has 1 fully saturated rings. The number of likely N-dealkylation sites (tertiary alicyclic amines) is 1. The number of carbonyl (C=O) groups excluding carboxylic acids is 2. The van der Waals surface area contributed by atoms with Gasteiger partial charge in [-0.15, -0.1) is 0 Å². The van der Waals surface area contributed by atoms with Crippen molar-refractivity contribution >= 4 is 17.4 Å². The number of hydrogen-bond acceptors (Lipinski definition) is 5. The van der Waals surface area contributed by atoms with Crippen molar-refractivity contribution in [2.24, 2.45) is 5.92 Å². The van der Waals surface area contributed by atoms with Gasteiger partial charge in [-0.25, -0.2) is 4.39 Å². The van der Waals surface area contributed by atoms with Gasteiger partial charge < -0.3 is 14.7 Å². The van der Waals surface area contributed by atoms with E-state index in [9.17, 15) is 19.1 Å². The number of halogens is 1. The summed E-state index contributed by atoms with van der Waals surface area (Å²) in [4.78, 5) is 31.8. The summed E-state index contributed by atoms with van der Waals surface area (Å²) >= 11 is 0. The molecule has 35 heavy (non-hydrogen) atoms. The van der Waals surface area contributed by atoms with E-state index in [1.54, 1.807) is 36.7 Å². The number of ether oxygens (including phenoxy) is 1. The van der Waals surface area contributed by atoms with Gasteiger partial charge in [0.1, 0.15) is 17.3 Å². The molecule has 1 aliphatic rings. The van der Waals surface area contributed by atoms with Crippen LogP contribution in [0.2, 0.25) is 0 Å². The van der Waals surface area contributed by atoms with Crippen LogP contribution >= 0.6 is 0 Å². The third-order valence-electron chi connectivity index (χ3n) is 5.87. The van der Waals surface area contributed by atoms with Crippen LogP contribution < -0.4 is 4.74 Å². The van der Waals surface area contributed by atoms with Crippen molar-refractivity contribution in [2.45, 2.75) is 32.9 Å². The summed E-state index contributed by atoms with van der Waals surface area (Å²) in [5, 5.41) is 11.1. The first-order valence-electron chi connectivity index (χ1n) is 11.5. The molecule has 1 unspecified atom stereocenters. The Labute approximate surface area is 203 Å². The first-order valence-corrected chi connectivity index (χ1v) is 11.5. The number of aliphatic hydroxyl groups excluding tert-OH is 1. The van der Waals surface area contributed by atoms with Crippen LogP contribution in [0.5, 0.6) is 5.75 Å². The molecule has 1 N–H and O–H groups in total. The van der Waals surface area contributed by atoms with Crippen LogP contribution in [0.3, 0.4) is 0 Å². The Morgan fingerprint density at radius 3 is 2.57 bits per heavy atom. The number of rotatable bonds is 8. The molecule has 0 bridgehead atoms. The second-order valence-electron chi connectivity index (χ2n) is 8.90. The maximum atomic E-state index is 13.5. The number of ketones is 1. The van der Waals surface area contributed by atoms with E-state index in [-0.39, 0.29) is 23.4 Å². The molecule has 2 heterocycles. The first kappa shape index (κ1) is 24.1. The minimum atomic E-state index is -0.853. The van der Waals surface area contributed by atoms with Crippen LogP contribution in [0.15, 0.2) is 78.6 Å². The number of nitrogens with zero attached hydrogens (tertiary/aromatic N) is 2. The predicted octanol–water partition coefficient (Wildman–Crippen LogP) is 5.27. The normalized spacial score (nSPS) is 17.3. The molecule has 1 saturated heterocycles. The van der Waals surface area contributed by atoms with Crippen LogP contribution in [-0.2, 0) is 16.1 Å². The van der Waals surface area contributed by atoms with Gasteiger partial charge in [0, 0.05) is 24.5 Å². The molecule has 1 atom stereocenters. The first-order chi connectivity index (χ1) is 16.8. The summed E-state index contributed by atoms with van der Waals surface area (Å²) in [6.45, 7) is 4.89. The van der Waals surface area contributed by atoms with Crippen molar-refractivity contribution < 1.29 is 23.8 Å². The van der Waals surface area contributed by atoms with Gasteiger partial charge >= 0.3 is 0 Å². The largest absolute Gasteiger partial charge is 0.507 e. The van der Waals surface area contributed by atoms with Crippen molar-refractivity contribution in [2.75, 3.05) is 6.61 Å². The maximum absolute atomic E-state index is 13.5. The average molecular weight is 475 g/mol. The molecule has 0 aliphatic carbocycles. The lowest BCUT2D eigenvalue weighted by Gasteiger charge is -2.25. The van der Waals surface area contributed by atoms with E-state index in [0.717, 1.165) is 12.0 Å². The highest BCUT2D eigenvalue weighted by atomic mass is 19.1. The zero-order valence-electron chi connectivity index (χ0n) is 19.6. The lowest BCUT2D eigenvalue weighted by Crippen LogP contribution is -2.29. The highest BCUT2D eigenvalue weighted by molar-refractivity contribution is 6.46. The summed E-state index contributed by atoms with van der Waals surface area (Å²) in [7, 11) is 0. The molecular formula is C28H27FN2O4. The molecule has 7 heteroatoms. The number of amides is 1. The predicted molar refractivity (Wildman–Crippen MR) is 130 cm³/mol. The Kier molecular flexibility index (Phi) is 7.25. The monoisotopic (exact) mass is 474 g/mol. The van der Waals surface area contributed by atoms with Gasteiger partial charge in [-0.1, -0.05) is 32.0 Å². The fourth-order valence-electron chi connectivity index (χ4n) is 4.03. The summed E-state index contributed by atoms with van der Waals surface area (Å²) in [6, 6.07) is 15.0. The fourth-order valence-corrected chi connectivity index (χ4v) is 4.03. The minimum absolute atomic E-state index is 0.0511. The third-order valence-corrected chi connectivity index (χ3v) is 5.87. The van der Waals surface area contributed by atoms with E-state index in [0.29, 0.717) is 23.8 Å². The van der Waals surface area contributed by atoms with Crippen molar-refractivity contribution in [3.63, 3.8) is 0 Å². The van der Waals surface area contributed by atoms with Crippen molar-refractivity contribution in [3.8, 4) is 5.75 Å². The Morgan fingerprint density at radius 1 is 1.11 bits per heavy atom. The summed E-state index contributed by atoms with van der Waals surface area (Å²) < 4.78 is 19.4. The van der Waals surface area contributed by atoms with Crippen LogP contribution in [0, 0.1) is 11.7 Å². The Morgan fingerprint density at radius 2 is 1.89 bits per heavy atom. The molecule has 6 nitrogen and oxygen atoms in total. The molecule has 1 aliphatic heterocycles. The van der Waals surface area contributed by atoms with Crippen LogP contribution in [0.4, 0.5) is 4.39 Å². The smallest absolute Gasteiger partial charge is 0.295 e. The second-order valence-corrected chi connectivity index (χ2v) is 8.90. The molecule has 1 aromatic heterocycles. The molecule has 2 aromatic carbocycles. The molecule has 4 rings (SSSR count). The number of carbonyl (C=O) groups is 2. The summed E-state index contributed by atoms with van der Waals surface area (Å²) in [5.74, 6) is -1.26. The van der Waals surface area contributed by atoms with E-state index in [1.807, 2.05) is 12.1 Å². The lowest BCUT2D eigenvalue weighted by molar-refractivity contribution is -0.140. The van der Waals surface area contributed by atoms with Gasteiger partial charge in [-0.3, -0.25) is 14.6 Å². The van der Waals surface area contributed by atoms with E-state index in [4.69, 9.17) is 4.74 Å².